The van der Waals surface area contributed by atoms with E-state index >= 15 is 4.39 Å². The number of sulfonamides is 1. The molecule has 0 bridgehead atoms. The summed E-state index contributed by atoms with van der Waals surface area (Å²) in [6.07, 6.45) is 1.82. The van der Waals surface area contributed by atoms with Crippen LogP contribution in [0.1, 0.15) is 12.8 Å². The predicted octanol–water partition coefficient (Wildman–Crippen LogP) is 0.668. The van der Waals surface area contributed by atoms with Gasteiger partial charge in [0.05, 0.1) is 6.26 Å². The Morgan fingerprint density at radius 1 is 1.23 bits per heavy atom. The van der Waals surface area contributed by atoms with Crippen LogP contribution in [0.25, 0.3) is 10.8 Å². The number of carbonyl (C=O) groups excluding carboxylic acids is 1. The zero-order chi connectivity index (χ0) is 22.6. The topological polar surface area (TPSA) is 133 Å². The van der Waals surface area contributed by atoms with Crippen LogP contribution >= 0.6 is 0 Å². The summed E-state index contributed by atoms with van der Waals surface area (Å²) in [4.78, 5) is 11.5. The van der Waals surface area contributed by atoms with E-state index in [-0.39, 0.29) is 11.5 Å². The van der Waals surface area contributed by atoms with Gasteiger partial charge in [-0.1, -0.05) is 6.07 Å². The number of piperidine rings is 1. The molecule has 0 aromatic heterocycles. The van der Waals surface area contributed by atoms with Crippen molar-refractivity contribution in [2.24, 2.45) is 0 Å². The molecule has 2 aromatic carbocycles. The molecule has 1 amide bonds. The van der Waals surface area contributed by atoms with Gasteiger partial charge in [-0.05, 0) is 36.4 Å². The van der Waals surface area contributed by atoms with Crippen LogP contribution in [0.4, 0.5) is 10.1 Å². The van der Waals surface area contributed by atoms with E-state index in [1.165, 1.54) is 22.5 Å². The Morgan fingerprint density at radius 2 is 1.90 bits per heavy atom. The molecule has 4 rings (SSSR count). The maximum absolute atomic E-state index is 15.3. The van der Waals surface area contributed by atoms with Crippen molar-refractivity contribution in [1.29, 1.82) is 0 Å². The molecule has 2 aliphatic heterocycles. The number of hydrogen-bond acceptors (Lipinski definition) is 7. The number of fused-ring (bicyclic) bond motifs is 1. The number of phenols is 1. The second-order valence-corrected chi connectivity index (χ2v) is 11.0. The summed E-state index contributed by atoms with van der Waals surface area (Å²) in [6, 6.07) is 5.70. The Morgan fingerprint density at radius 3 is 2.48 bits per heavy atom. The van der Waals surface area contributed by atoms with E-state index in [1.54, 1.807) is 10.8 Å². The molecule has 2 saturated heterocycles. The average molecular weight is 474 g/mol. The number of benzene rings is 2. The molecule has 2 heterocycles. The lowest BCUT2D eigenvalue weighted by molar-refractivity contribution is -0.117. The van der Waals surface area contributed by atoms with Gasteiger partial charge in [-0.2, -0.15) is 8.42 Å². The summed E-state index contributed by atoms with van der Waals surface area (Å²) >= 11 is 0. The summed E-state index contributed by atoms with van der Waals surface area (Å²) in [5.74, 6) is -2.14. The zero-order valence-electron chi connectivity index (χ0n) is 16.4. The summed E-state index contributed by atoms with van der Waals surface area (Å²) in [5.41, 5.74) is -0.621. The summed E-state index contributed by atoms with van der Waals surface area (Å²) in [7, 11) is -7.57. The normalized spacial score (nSPS) is 20.2. The van der Waals surface area contributed by atoms with E-state index in [9.17, 15) is 26.7 Å². The molecule has 0 spiro atoms. The molecule has 2 fully saturated rings. The molecule has 168 valence electrons. The van der Waals surface area contributed by atoms with E-state index in [1.807, 2.05) is 0 Å². The fourth-order valence-electron chi connectivity index (χ4n) is 3.74. The highest BCUT2D eigenvalue weighted by molar-refractivity contribution is 7.92. The lowest BCUT2D eigenvalue weighted by Crippen LogP contribution is -2.41. The minimum atomic E-state index is -4.30. The van der Waals surface area contributed by atoms with E-state index in [0.29, 0.717) is 41.4 Å². The monoisotopic (exact) mass is 473 g/mol. The molecule has 2 aliphatic rings. The molecule has 0 radical (unpaired) electrons. The van der Waals surface area contributed by atoms with Crippen LogP contribution in [0, 0.1) is 5.82 Å². The lowest BCUT2D eigenvalue weighted by Gasteiger charge is -2.30. The van der Waals surface area contributed by atoms with Gasteiger partial charge in [-0.3, -0.25) is 4.79 Å². The fraction of sp³-hybridized carbons (Fsp3) is 0.389. The standard InChI is InChI=1S/C18H20FN3O7S2/c1-30(25,26)21-6-4-12(5-7-21)29-13-3-2-11-8-15(23)18(17(19)14(11)9-13)22-10-16(24)20-31(22,27)28/h2-3,8-9,12,23H,4-7,10H2,1H3,(H,20,24). The highest BCUT2D eigenvalue weighted by Gasteiger charge is 2.38. The van der Waals surface area contributed by atoms with Crippen LogP contribution in [0.15, 0.2) is 24.3 Å². The van der Waals surface area contributed by atoms with Crippen molar-refractivity contribution in [3.63, 3.8) is 0 Å². The maximum Gasteiger partial charge on any atom is 0.326 e. The van der Waals surface area contributed by atoms with Crippen molar-refractivity contribution in [3.05, 3.63) is 30.1 Å². The number of carbonyl (C=O) groups is 1. The van der Waals surface area contributed by atoms with Crippen molar-refractivity contribution in [1.82, 2.24) is 9.03 Å². The second kappa shape index (κ2) is 7.50. The SMILES string of the molecule is CS(=O)(=O)N1CCC(Oc2ccc3cc(O)c(N4CC(=O)NS4(=O)=O)c(F)c3c2)CC1. The molecule has 0 aliphatic carbocycles. The van der Waals surface area contributed by atoms with Crippen LogP contribution < -0.4 is 13.8 Å². The van der Waals surface area contributed by atoms with Gasteiger partial charge in [-0.25, -0.2) is 26.1 Å². The lowest BCUT2D eigenvalue weighted by atomic mass is 10.1. The van der Waals surface area contributed by atoms with Crippen molar-refractivity contribution in [2.45, 2.75) is 18.9 Å². The molecule has 10 nitrogen and oxygen atoms in total. The van der Waals surface area contributed by atoms with Crippen molar-refractivity contribution < 1.29 is 35.9 Å². The summed E-state index contributed by atoms with van der Waals surface area (Å²) in [6.45, 7) is -0.0119. The minimum Gasteiger partial charge on any atom is -0.506 e. The Bertz CT molecular complexity index is 1270. The third kappa shape index (κ3) is 4.12. The number of ether oxygens (including phenoxy) is 1. The van der Waals surface area contributed by atoms with Gasteiger partial charge in [0.1, 0.15) is 29.8 Å². The first-order valence-electron chi connectivity index (χ1n) is 9.36. The highest BCUT2D eigenvalue weighted by atomic mass is 32.2. The largest absolute Gasteiger partial charge is 0.506 e. The maximum atomic E-state index is 15.3. The van der Waals surface area contributed by atoms with Gasteiger partial charge in [0.2, 0.25) is 10.0 Å². The number of nitrogens with one attached hydrogen (secondary N) is 1. The first kappa shape index (κ1) is 21.6. The van der Waals surface area contributed by atoms with Gasteiger partial charge in [0.15, 0.2) is 5.82 Å². The van der Waals surface area contributed by atoms with Crippen molar-refractivity contribution >= 4 is 42.6 Å². The first-order valence-corrected chi connectivity index (χ1v) is 12.6. The number of aromatic hydroxyl groups is 1. The van der Waals surface area contributed by atoms with Gasteiger partial charge in [0, 0.05) is 18.5 Å². The Labute approximate surface area is 178 Å². The van der Waals surface area contributed by atoms with E-state index in [2.05, 4.69) is 0 Å². The number of hydrogen-bond donors (Lipinski definition) is 2. The van der Waals surface area contributed by atoms with Crippen LogP contribution in [-0.4, -0.2) is 64.1 Å². The molecule has 2 N–H and O–H groups in total. The molecular formula is C18H20FN3O7S2. The summed E-state index contributed by atoms with van der Waals surface area (Å²) < 4.78 is 72.1. The molecule has 2 aromatic rings. The van der Waals surface area contributed by atoms with Crippen LogP contribution in [-0.2, 0) is 25.0 Å². The number of nitrogens with zero attached hydrogens (tertiary/aromatic N) is 2. The minimum absolute atomic E-state index is 0.00780. The molecular weight excluding hydrogens is 453 g/mol. The smallest absolute Gasteiger partial charge is 0.326 e. The van der Waals surface area contributed by atoms with E-state index < -0.39 is 49.9 Å². The number of halogens is 1. The Hall–Kier alpha value is -2.64. The van der Waals surface area contributed by atoms with Gasteiger partial charge in [-0.15, -0.1) is 0 Å². The van der Waals surface area contributed by atoms with Crippen molar-refractivity contribution in [2.75, 3.05) is 30.2 Å². The first-order chi connectivity index (χ1) is 14.5. The molecule has 13 heteroatoms. The number of amides is 1. The second-order valence-electron chi connectivity index (χ2n) is 7.46. The number of phenolic OH excluding ortho intramolecular Hbond substituents is 1. The van der Waals surface area contributed by atoms with Crippen LogP contribution in [0.2, 0.25) is 0 Å². The molecule has 0 saturated carbocycles. The fourth-order valence-corrected chi connectivity index (χ4v) is 5.78. The quantitative estimate of drug-likeness (QED) is 0.667. The number of anilines is 1. The van der Waals surface area contributed by atoms with Gasteiger partial charge in [0.25, 0.3) is 5.91 Å². The van der Waals surface area contributed by atoms with Crippen molar-refractivity contribution in [3.8, 4) is 11.5 Å². The zero-order valence-corrected chi connectivity index (χ0v) is 18.0. The molecule has 0 unspecified atom stereocenters. The van der Waals surface area contributed by atoms with Gasteiger partial charge < -0.3 is 9.84 Å². The predicted molar refractivity (Wildman–Crippen MR) is 110 cm³/mol. The average Bonchev–Trinajstić information content (AvgIpc) is 2.94. The molecule has 31 heavy (non-hydrogen) atoms. The van der Waals surface area contributed by atoms with Crippen LogP contribution in [0.3, 0.4) is 0 Å². The van der Waals surface area contributed by atoms with E-state index in [0.717, 1.165) is 6.26 Å². The third-order valence-corrected chi connectivity index (χ3v) is 7.93. The number of rotatable bonds is 4. The van der Waals surface area contributed by atoms with E-state index in [4.69, 9.17) is 4.74 Å². The molecule has 0 atom stereocenters. The summed E-state index contributed by atoms with van der Waals surface area (Å²) in [5, 5.41) is 10.5. The Balaban J connectivity index is 1.63. The Kier molecular flexibility index (Phi) is 5.22. The third-order valence-electron chi connectivity index (χ3n) is 5.25. The van der Waals surface area contributed by atoms with Crippen LogP contribution in [0.5, 0.6) is 11.5 Å². The highest BCUT2D eigenvalue weighted by Crippen LogP contribution is 2.39. The van der Waals surface area contributed by atoms with Gasteiger partial charge >= 0.3 is 10.2 Å².